The minimum absolute atomic E-state index is 0. The van der Waals surface area contributed by atoms with Crippen LogP contribution in [0, 0.1) is 49.4 Å². The first kappa shape index (κ1) is 16.8. The molecule has 0 aliphatic carbocycles. The predicted octanol–water partition coefficient (Wildman–Crippen LogP) is -0.598. The first-order valence-corrected chi connectivity index (χ1v) is 3.27. The molecule has 0 aromatic carbocycles. The summed E-state index contributed by atoms with van der Waals surface area (Å²) in [6.45, 7) is -4.17. The summed E-state index contributed by atoms with van der Waals surface area (Å²) in [6.07, 6.45) is 0. The molecule has 0 saturated carbocycles. The van der Waals surface area contributed by atoms with Gasteiger partial charge < -0.3 is 9.79 Å². The monoisotopic (exact) mass is 359 g/mol. The van der Waals surface area contributed by atoms with E-state index in [1.807, 2.05) is 0 Å². The molecule has 43 valence electrons. The molecule has 0 aliphatic heterocycles. The van der Waals surface area contributed by atoms with E-state index in [9.17, 15) is 0 Å². The summed E-state index contributed by atoms with van der Waals surface area (Å²) in [5, 5.41) is 0. The molecule has 0 unspecified atom stereocenters. The molecular weight excluding hydrogens is 354 g/mol. The van der Waals surface area contributed by atoms with Gasteiger partial charge >= 0.3 is 52.4 Å². The van der Waals surface area contributed by atoms with Gasteiger partial charge in [-0.05, 0) is 0 Å². The first-order chi connectivity index (χ1) is 2.00. The fraction of sp³-hybridized carbons (Fsp3) is 0. The van der Waals surface area contributed by atoms with Crippen molar-refractivity contribution in [3.8, 4) is 0 Å². The maximum absolute atomic E-state index is 9.09. The molecule has 0 spiro atoms. The van der Waals surface area contributed by atoms with Crippen molar-refractivity contribution >= 4 is 63.7 Å². The standard InChI is InChI=1S/ClH2O3P.Eu.Sr.2H/c1-5(2,3)4;;;;/h(H2,2,3,4);;;;. The van der Waals surface area contributed by atoms with Gasteiger partial charge in [-0.15, -0.1) is 0 Å². The van der Waals surface area contributed by atoms with Crippen LogP contribution in [0.25, 0.3) is 0 Å². The molecule has 0 heterocycles. The van der Waals surface area contributed by atoms with Crippen molar-refractivity contribution in [1.29, 1.82) is 0 Å². The molecule has 0 rings (SSSR count). The van der Waals surface area contributed by atoms with E-state index < -0.39 is 6.95 Å². The molecule has 3 nitrogen and oxygen atoms in total. The fourth-order valence-electron chi connectivity index (χ4n) is 0. The Balaban J connectivity index is -0.0000000800. The van der Waals surface area contributed by atoms with Gasteiger partial charge in [0.15, 0.2) is 0 Å². The van der Waals surface area contributed by atoms with Crippen LogP contribution in [0.3, 0.4) is 0 Å². The molecular formula is H4ClEuO3PSr. The van der Waals surface area contributed by atoms with Crippen LogP contribution in [-0.2, 0) is 4.57 Å². The molecule has 0 aromatic heterocycles. The number of rotatable bonds is 0. The minimum atomic E-state index is -4.17. The predicted molar refractivity (Wildman–Crippen MR) is 26.4 cm³/mol. The molecule has 0 saturated heterocycles. The van der Waals surface area contributed by atoms with Crippen LogP contribution < -0.4 is 0 Å². The molecule has 1 radical (unpaired) electrons. The average molecular weight is 358 g/mol. The van der Waals surface area contributed by atoms with Crippen LogP contribution >= 0.6 is 18.2 Å². The Hall–Kier alpha value is 3.50. The zero-order valence-corrected chi connectivity index (χ0v) is 6.58. The zero-order valence-electron chi connectivity index (χ0n) is 2.51. The van der Waals surface area contributed by atoms with Crippen LogP contribution in [0.2, 0.25) is 0 Å². The third kappa shape index (κ3) is 43.6. The Kier molecular flexibility index (Phi) is 18.3. The third-order valence-corrected chi connectivity index (χ3v) is 0. The van der Waals surface area contributed by atoms with Crippen LogP contribution in [0.4, 0.5) is 0 Å². The fourth-order valence-corrected chi connectivity index (χ4v) is 0. The molecule has 0 amide bonds. The maximum atomic E-state index is 9.09. The second kappa shape index (κ2) is 7.61. The molecule has 0 aromatic rings. The van der Waals surface area contributed by atoms with E-state index in [2.05, 4.69) is 11.2 Å². The van der Waals surface area contributed by atoms with Crippen molar-refractivity contribution < 1.29 is 63.7 Å². The summed E-state index contributed by atoms with van der Waals surface area (Å²) in [7, 11) is 0. The summed E-state index contributed by atoms with van der Waals surface area (Å²) >= 11 is 4.20. The van der Waals surface area contributed by atoms with Gasteiger partial charge in [-0.1, -0.05) is 0 Å². The van der Waals surface area contributed by atoms with E-state index in [1.54, 1.807) is 0 Å². The summed E-state index contributed by atoms with van der Waals surface area (Å²) in [5.74, 6) is 0. The van der Waals surface area contributed by atoms with Gasteiger partial charge in [-0.25, -0.2) is 4.57 Å². The Morgan fingerprint density at radius 3 is 1.43 bits per heavy atom. The SMILES string of the molecule is O=P(O)(O)Cl.[Eu].[SrH2]. The molecule has 7 heteroatoms. The van der Waals surface area contributed by atoms with Gasteiger partial charge in [0.05, 0.1) is 0 Å². The van der Waals surface area contributed by atoms with Crippen molar-refractivity contribution in [2.75, 3.05) is 0 Å². The number of halogens is 1. The van der Waals surface area contributed by atoms with Crippen LogP contribution in [0.5, 0.6) is 0 Å². The number of hydrogen-bond donors (Lipinski definition) is 2. The first-order valence-electron chi connectivity index (χ1n) is 0.752. The van der Waals surface area contributed by atoms with Crippen molar-refractivity contribution in [2.45, 2.75) is 0 Å². The van der Waals surface area contributed by atoms with Crippen molar-refractivity contribution in [1.82, 2.24) is 0 Å². The van der Waals surface area contributed by atoms with E-state index in [1.165, 1.54) is 0 Å². The molecule has 0 bridgehead atoms. The van der Waals surface area contributed by atoms with Gasteiger partial charge in [-0.3, -0.25) is 0 Å². The molecule has 0 aliphatic rings. The van der Waals surface area contributed by atoms with Crippen LogP contribution in [-0.4, -0.2) is 55.3 Å². The Bertz CT molecular complexity index is 61.1. The molecule has 0 atom stereocenters. The average Bonchev–Trinajstić information content (AvgIpc) is 0.722. The zero-order chi connectivity index (χ0) is 4.50. The molecule has 2 N–H and O–H groups in total. The van der Waals surface area contributed by atoms with E-state index in [4.69, 9.17) is 14.4 Å². The summed E-state index contributed by atoms with van der Waals surface area (Å²) in [6, 6.07) is 0. The third-order valence-electron chi connectivity index (χ3n) is 0. The summed E-state index contributed by atoms with van der Waals surface area (Å²) in [5.41, 5.74) is 0. The van der Waals surface area contributed by atoms with E-state index >= 15 is 0 Å². The number of hydrogen-bond acceptors (Lipinski definition) is 1. The van der Waals surface area contributed by atoms with E-state index in [0.717, 1.165) is 0 Å². The van der Waals surface area contributed by atoms with Gasteiger partial charge in [0.25, 0.3) is 0 Å². The van der Waals surface area contributed by atoms with Crippen LogP contribution in [0.15, 0.2) is 0 Å². The molecule has 7 heavy (non-hydrogen) atoms. The second-order valence-electron chi connectivity index (χ2n) is 0.473. The normalized spacial score (nSPS) is 8.43. The Morgan fingerprint density at radius 2 is 1.43 bits per heavy atom. The van der Waals surface area contributed by atoms with Crippen LogP contribution in [0.1, 0.15) is 0 Å². The quantitative estimate of drug-likeness (QED) is 0.449. The summed E-state index contributed by atoms with van der Waals surface area (Å²) in [4.78, 5) is 14.8. The Labute approximate surface area is 124 Å². The van der Waals surface area contributed by atoms with E-state index in [0.29, 0.717) is 0 Å². The molecule has 0 fully saturated rings. The van der Waals surface area contributed by atoms with Gasteiger partial charge in [0.1, 0.15) is 0 Å². The topological polar surface area (TPSA) is 57.5 Å². The van der Waals surface area contributed by atoms with Crippen molar-refractivity contribution in [3.05, 3.63) is 0 Å². The van der Waals surface area contributed by atoms with Gasteiger partial charge in [0.2, 0.25) is 0 Å². The van der Waals surface area contributed by atoms with Gasteiger partial charge in [0, 0.05) is 60.6 Å². The second-order valence-corrected chi connectivity index (χ2v) is 2.74. The van der Waals surface area contributed by atoms with Crippen molar-refractivity contribution in [3.63, 3.8) is 0 Å². The van der Waals surface area contributed by atoms with E-state index in [-0.39, 0.29) is 94.9 Å². The van der Waals surface area contributed by atoms with Crippen molar-refractivity contribution in [2.24, 2.45) is 0 Å². The summed E-state index contributed by atoms with van der Waals surface area (Å²) < 4.78 is 9.09. The Morgan fingerprint density at radius 1 is 1.43 bits per heavy atom. The van der Waals surface area contributed by atoms with Gasteiger partial charge in [-0.2, -0.15) is 0 Å².